The van der Waals surface area contributed by atoms with E-state index >= 15 is 0 Å². The molecule has 0 saturated carbocycles. The van der Waals surface area contributed by atoms with Crippen LogP contribution >= 0.6 is 11.6 Å². The molecule has 1 aromatic rings. The van der Waals surface area contributed by atoms with Crippen molar-refractivity contribution >= 4 is 17.7 Å². The van der Waals surface area contributed by atoms with E-state index in [-0.39, 0.29) is 0 Å². The topological polar surface area (TPSA) is 17.8 Å². The first kappa shape index (κ1) is 7.35. The van der Waals surface area contributed by atoms with E-state index in [1.165, 1.54) is 0 Å². The summed E-state index contributed by atoms with van der Waals surface area (Å²) in [5, 5.41) is 0. The lowest BCUT2D eigenvalue weighted by atomic mass is 10.4. The Morgan fingerprint density at radius 1 is 1.80 bits per heavy atom. The first-order valence-corrected chi connectivity index (χ1v) is 3.57. The van der Waals surface area contributed by atoms with Crippen LogP contribution in [0.5, 0.6) is 0 Å². The Balaban J connectivity index is 2.67. The number of allylic oxidation sites excluding steroid dienone is 1. The molecule has 0 aliphatic heterocycles. The predicted octanol–water partition coefficient (Wildman–Crippen LogP) is 1.67. The lowest BCUT2D eigenvalue weighted by Crippen LogP contribution is -1.77. The number of imidazole rings is 1. The van der Waals surface area contributed by atoms with E-state index in [0.29, 0.717) is 5.88 Å². The van der Waals surface area contributed by atoms with Crippen LogP contribution in [0.2, 0.25) is 0 Å². The van der Waals surface area contributed by atoms with Crippen molar-refractivity contribution in [1.82, 2.24) is 9.55 Å². The van der Waals surface area contributed by atoms with Crippen LogP contribution in [0.25, 0.3) is 6.08 Å². The number of halogens is 1. The van der Waals surface area contributed by atoms with Gasteiger partial charge in [0.2, 0.25) is 0 Å². The van der Waals surface area contributed by atoms with E-state index in [1.807, 2.05) is 30.0 Å². The third-order valence-corrected chi connectivity index (χ3v) is 1.28. The maximum Gasteiger partial charge on any atom is 0.0950 e. The molecule has 0 aliphatic rings. The van der Waals surface area contributed by atoms with Crippen molar-refractivity contribution in [2.24, 2.45) is 7.05 Å². The fourth-order valence-corrected chi connectivity index (χ4v) is 0.773. The lowest BCUT2D eigenvalue weighted by Gasteiger charge is -1.80. The standard InChI is InChI=1S/C7H9ClN2/c1-10-5-7(9-6-10)3-2-4-8/h2-3,5-6H,4H2,1H3/b3-2+. The van der Waals surface area contributed by atoms with Crippen LogP contribution in [0.15, 0.2) is 18.6 Å². The molecule has 1 aromatic heterocycles. The minimum Gasteiger partial charge on any atom is -0.340 e. The highest BCUT2D eigenvalue weighted by Crippen LogP contribution is 1.96. The molecule has 0 atom stereocenters. The normalized spacial score (nSPS) is 11.0. The summed E-state index contributed by atoms with van der Waals surface area (Å²) in [6.07, 6.45) is 7.45. The van der Waals surface area contributed by atoms with E-state index < -0.39 is 0 Å². The lowest BCUT2D eigenvalue weighted by molar-refractivity contribution is 0.913. The third kappa shape index (κ3) is 1.88. The van der Waals surface area contributed by atoms with Gasteiger partial charge >= 0.3 is 0 Å². The van der Waals surface area contributed by atoms with Crippen LogP contribution in [0, 0.1) is 0 Å². The van der Waals surface area contributed by atoms with Crippen molar-refractivity contribution in [3.05, 3.63) is 24.3 Å². The van der Waals surface area contributed by atoms with Gasteiger partial charge in [0, 0.05) is 19.1 Å². The number of aryl methyl sites for hydroxylation is 1. The molecular weight excluding hydrogens is 148 g/mol. The van der Waals surface area contributed by atoms with Gasteiger partial charge in [-0.1, -0.05) is 6.08 Å². The van der Waals surface area contributed by atoms with Gasteiger partial charge in [-0.25, -0.2) is 4.98 Å². The van der Waals surface area contributed by atoms with Gasteiger partial charge in [-0.3, -0.25) is 0 Å². The molecular formula is C7H9ClN2. The molecule has 1 rings (SSSR count). The average Bonchev–Trinajstić information content (AvgIpc) is 2.31. The van der Waals surface area contributed by atoms with Gasteiger partial charge in [-0.05, 0) is 6.08 Å². The van der Waals surface area contributed by atoms with Crippen LogP contribution in [-0.2, 0) is 7.05 Å². The molecule has 1 heterocycles. The van der Waals surface area contributed by atoms with E-state index in [2.05, 4.69) is 4.98 Å². The maximum absolute atomic E-state index is 5.44. The Bertz CT molecular complexity index is 227. The monoisotopic (exact) mass is 156 g/mol. The molecule has 0 bridgehead atoms. The first-order valence-electron chi connectivity index (χ1n) is 3.03. The van der Waals surface area contributed by atoms with Crippen molar-refractivity contribution < 1.29 is 0 Å². The van der Waals surface area contributed by atoms with Crippen LogP contribution < -0.4 is 0 Å². The first-order chi connectivity index (χ1) is 4.83. The molecule has 3 heteroatoms. The summed E-state index contributed by atoms with van der Waals surface area (Å²) in [4.78, 5) is 4.07. The smallest absolute Gasteiger partial charge is 0.0950 e. The van der Waals surface area contributed by atoms with Crippen molar-refractivity contribution in [3.63, 3.8) is 0 Å². The molecule has 0 radical (unpaired) electrons. The summed E-state index contributed by atoms with van der Waals surface area (Å²) < 4.78 is 1.90. The zero-order valence-electron chi connectivity index (χ0n) is 5.79. The second kappa shape index (κ2) is 3.42. The number of alkyl halides is 1. The van der Waals surface area contributed by atoms with Crippen LogP contribution in [0.4, 0.5) is 0 Å². The molecule has 54 valence electrons. The Hall–Kier alpha value is -0.760. The number of aromatic nitrogens is 2. The highest BCUT2D eigenvalue weighted by atomic mass is 35.5. The second-order valence-corrected chi connectivity index (χ2v) is 2.33. The maximum atomic E-state index is 5.44. The van der Waals surface area contributed by atoms with Crippen LogP contribution in [0.1, 0.15) is 5.69 Å². The minimum absolute atomic E-state index is 0.538. The van der Waals surface area contributed by atoms with E-state index in [1.54, 1.807) is 6.33 Å². The largest absolute Gasteiger partial charge is 0.340 e. The SMILES string of the molecule is Cn1cnc(/C=C/CCl)c1. The summed E-state index contributed by atoms with van der Waals surface area (Å²) in [5.41, 5.74) is 0.947. The van der Waals surface area contributed by atoms with E-state index in [0.717, 1.165) is 5.69 Å². The molecule has 0 aliphatic carbocycles. The molecule has 0 spiro atoms. The molecule has 10 heavy (non-hydrogen) atoms. The highest BCUT2D eigenvalue weighted by Gasteiger charge is 1.87. The Kier molecular flexibility index (Phi) is 2.51. The van der Waals surface area contributed by atoms with Crippen molar-refractivity contribution in [2.75, 3.05) is 5.88 Å². The molecule has 0 amide bonds. The molecule has 0 N–H and O–H groups in total. The Morgan fingerprint density at radius 2 is 2.60 bits per heavy atom. The van der Waals surface area contributed by atoms with Gasteiger partial charge in [-0.15, -0.1) is 11.6 Å². The van der Waals surface area contributed by atoms with Gasteiger partial charge in [0.15, 0.2) is 0 Å². The molecule has 0 unspecified atom stereocenters. The Morgan fingerprint density at radius 3 is 3.10 bits per heavy atom. The van der Waals surface area contributed by atoms with Crippen molar-refractivity contribution in [1.29, 1.82) is 0 Å². The minimum atomic E-state index is 0.538. The van der Waals surface area contributed by atoms with Crippen LogP contribution in [0.3, 0.4) is 0 Å². The summed E-state index contributed by atoms with van der Waals surface area (Å²) in [6, 6.07) is 0. The van der Waals surface area contributed by atoms with Crippen LogP contribution in [-0.4, -0.2) is 15.4 Å². The van der Waals surface area contributed by atoms with Gasteiger partial charge in [0.05, 0.1) is 12.0 Å². The molecule has 0 aromatic carbocycles. The zero-order valence-corrected chi connectivity index (χ0v) is 6.54. The number of hydrogen-bond donors (Lipinski definition) is 0. The summed E-state index contributed by atoms with van der Waals surface area (Å²) >= 11 is 5.44. The second-order valence-electron chi connectivity index (χ2n) is 2.02. The molecule has 0 fully saturated rings. The zero-order chi connectivity index (χ0) is 7.40. The van der Waals surface area contributed by atoms with Crippen molar-refractivity contribution in [2.45, 2.75) is 0 Å². The predicted molar refractivity (Wildman–Crippen MR) is 43.0 cm³/mol. The third-order valence-electron chi connectivity index (χ3n) is 1.10. The van der Waals surface area contributed by atoms with Crippen molar-refractivity contribution in [3.8, 4) is 0 Å². The molecule has 2 nitrogen and oxygen atoms in total. The number of nitrogens with zero attached hydrogens (tertiary/aromatic N) is 2. The highest BCUT2D eigenvalue weighted by molar-refractivity contribution is 6.19. The van der Waals surface area contributed by atoms with Gasteiger partial charge < -0.3 is 4.57 Å². The number of hydrogen-bond acceptors (Lipinski definition) is 1. The quantitative estimate of drug-likeness (QED) is 0.596. The fraction of sp³-hybridized carbons (Fsp3) is 0.286. The summed E-state index contributed by atoms with van der Waals surface area (Å²) in [5.74, 6) is 0.538. The van der Waals surface area contributed by atoms with E-state index in [9.17, 15) is 0 Å². The molecule has 0 saturated heterocycles. The number of rotatable bonds is 2. The van der Waals surface area contributed by atoms with Gasteiger partial charge in [0.1, 0.15) is 0 Å². The van der Waals surface area contributed by atoms with Gasteiger partial charge in [-0.2, -0.15) is 0 Å². The van der Waals surface area contributed by atoms with E-state index in [4.69, 9.17) is 11.6 Å². The summed E-state index contributed by atoms with van der Waals surface area (Å²) in [6.45, 7) is 0. The fourth-order valence-electron chi connectivity index (χ4n) is 0.684. The Labute approximate surface area is 65.1 Å². The average molecular weight is 157 g/mol. The van der Waals surface area contributed by atoms with Gasteiger partial charge in [0.25, 0.3) is 0 Å². The summed E-state index contributed by atoms with van der Waals surface area (Å²) in [7, 11) is 1.94.